The number of carboxylic acids is 1. The summed E-state index contributed by atoms with van der Waals surface area (Å²) in [4.78, 5) is 16.5. The molecule has 2 rings (SSSR count). The third kappa shape index (κ3) is 2.98. The molecule has 92 valence electrons. The monoisotopic (exact) mass is 240 g/mol. The molecular formula is C11H13FN2O3. The van der Waals surface area contributed by atoms with E-state index in [0.717, 1.165) is 6.20 Å². The normalized spacial score (nSPS) is 21.4. The summed E-state index contributed by atoms with van der Waals surface area (Å²) < 4.78 is 18.1. The van der Waals surface area contributed by atoms with Gasteiger partial charge in [-0.15, -0.1) is 0 Å². The lowest BCUT2D eigenvalue weighted by atomic mass is 10.2. The summed E-state index contributed by atoms with van der Waals surface area (Å²) in [5.74, 6) is -1.34. The van der Waals surface area contributed by atoms with Crippen molar-refractivity contribution in [1.29, 1.82) is 0 Å². The first-order valence-electron chi connectivity index (χ1n) is 5.31. The highest BCUT2D eigenvalue weighted by Gasteiger charge is 2.29. The van der Waals surface area contributed by atoms with Gasteiger partial charge >= 0.3 is 5.97 Å². The zero-order valence-corrected chi connectivity index (χ0v) is 9.17. The number of aromatic nitrogens is 1. The molecule has 0 bridgehead atoms. The highest BCUT2D eigenvalue weighted by molar-refractivity contribution is 5.73. The van der Waals surface area contributed by atoms with Crippen LogP contribution in [0.25, 0.3) is 0 Å². The number of carboxylic acid groups (broad SMARTS) is 1. The molecule has 0 amide bonds. The number of pyridine rings is 1. The second-order valence-electron chi connectivity index (χ2n) is 3.91. The topological polar surface area (TPSA) is 62.7 Å². The van der Waals surface area contributed by atoms with E-state index in [1.807, 2.05) is 0 Å². The molecule has 17 heavy (non-hydrogen) atoms. The maximum atomic E-state index is 13.0. The minimum absolute atomic E-state index is 0.165. The van der Waals surface area contributed by atoms with Gasteiger partial charge in [0.1, 0.15) is 11.9 Å². The molecule has 1 aliphatic heterocycles. The number of carbonyl (C=O) groups is 1. The van der Waals surface area contributed by atoms with Crippen LogP contribution in [0.3, 0.4) is 0 Å². The molecule has 0 radical (unpaired) electrons. The van der Waals surface area contributed by atoms with Crippen LogP contribution in [-0.4, -0.2) is 46.8 Å². The number of halogens is 1. The Balaban J connectivity index is 2.08. The number of hydrogen-bond acceptors (Lipinski definition) is 4. The molecule has 1 N–H and O–H groups in total. The first kappa shape index (κ1) is 11.9. The van der Waals surface area contributed by atoms with Crippen molar-refractivity contribution in [3.8, 4) is 0 Å². The summed E-state index contributed by atoms with van der Waals surface area (Å²) in [7, 11) is 0. The van der Waals surface area contributed by atoms with Crippen molar-refractivity contribution in [2.75, 3.05) is 19.8 Å². The Bertz CT molecular complexity index is 413. The molecule has 1 atom stereocenters. The molecule has 1 unspecified atom stereocenters. The fourth-order valence-corrected chi connectivity index (χ4v) is 1.83. The van der Waals surface area contributed by atoms with Gasteiger partial charge in [0.15, 0.2) is 0 Å². The minimum Gasteiger partial charge on any atom is -0.480 e. The van der Waals surface area contributed by atoms with Crippen LogP contribution in [0.1, 0.15) is 5.56 Å². The van der Waals surface area contributed by atoms with Crippen LogP contribution in [0.15, 0.2) is 18.5 Å². The number of aliphatic carboxylic acids is 1. The van der Waals surface area contributed by atoms with Gasteiger partial charge in [0, 0.05) is 19.3 Å². The first-order chi connectivity index (χ1) is 8.16. The lowest BCUT2D eigenvalue weighted by molar-refractivity contribution is -0.150. The van der Waals surface area contributed by atoms with Crippen molar-refractivity contribution in [3.05, 3.63) is 29.8 Å². The quantitative estimate of drug-likeness (QED) is 0.833. The van der Waals surface area contributed by atoms with E-state index in [1.165, 1.54) is 12.3 Å². The van der Waals surface area contributed by atoms with Crippen molar-refractivity contribution in [2.24, 2.45) is 0 Å². The summed E-state index contributed by atoms with van der Waals surface area (Å²) in [6.45, 7) is 1.54. The Morgan fingerprint density at radius 3 is 3.18 bits per heavy atom. The molecule has 6 heteroatoms. The third-order valence-corrected chi connectivity index (χ3v) is 2.67. The zero-order valence-electron chi connectivity index (χ0n) is 9.17. The van der Waals surface area contributed by atoms with E-state index in [-0.39, 0.29) is 6.61 Å². The average Bonchev–Trinajstić information content (AvgIpc) is 2.29. The Kier molecular flexibility index (Phi) is 3.65. The van der Waals surface area contributed by atoms with Crippen LogP contribution in [0, 0.1) is 5.82 Å². The van der Waals surface area contributed by atoms with E-state index in [9.17, 15) is 9.18 Å². The van der Waals surface area contributed by atoms with Crippen molar-refractivity contribution >= 4 is 5.97 Å². The SMILES string of the molecule is O=C(O)C1COCCN1Cc1cncc(F)c1. The van der Waals surface area contributed by atoms with Crippen molar-refractivity contribution < 1.29 is 19.0 Å². The largest absolute Gasteiger partial charge is 0.480 e. The number of hydrogen-bond donors (Lipinski definition) is 1. The fraction of sp³-hybridized carbons (Fsp3) is 0.455. The highest BCUT2D eigenvalue weighted by atomic mass is 19.1. The van der Waals surface area contributed by atoms with E-state index in [2.05, 4.69) is 4.98 Å². The van der Waals surface area contributed by atoms with E-state index >= 15 is 0 Å². The number of nitrogens with zero attached hydrogens (tertiary/aromatic N) is 2. The summed E-state index contributed by atoms with van der Waals surface area (Å²) in [6, 6.07) is 0.688. The third-order valence-electron chi connectivity index (χ3n) is 2.67. The number of ether oxygens (including phenoxy) is 1. The summed E-state index contributed by atoms with van der Waals surface area (Å²) >= 11 is 0. The second-order valence-corrected chi connectivity index (χ2v) is 3.91. The van der Waals surface area contributed by atoms with Gasteiger partial charge in [-0.25, -0.2) is 4.39 Å². The minimum atomic E-state index is -0.922. The van der Waals surface area contributed by atoms with Crippen LogP contribution >= 0.6 is 0 Å². The molecule has 5 nitrogen and oxygen atoms in total. The van der Waals surface area contributed by atoms with Crippen molar-refractivity contribution in [3.63, 3.8) is 0 Å². The average molecular weight is 240 g/mol. The van der Waals surface area contributed by atoms with Crippen LogP contribution in [0.5, 0.6) is 0 Å². The molecule has 1 aromatic rings. The van der Waals surface area contributed by atoms with Gasteiger partial charge in [-0.3, -0.25) is 14.7 Å². The Hall–Kier alpha value is -1.53. The van der Waals surface area contributed by atoms with E-state index in [0.29, 0.717) is 25.3 Å². The van der Waals surface area contributed by atoms with Gasteiger partial charge in [0.25, 0.3) is 0 Å². The Morgan fingerprint density at radius 2 is 2.47 bits per heavy atom. The van der Waals surface area contributed by atoms with Crippen molar-refractivity contribution in [2.45, 2.75) is 12.6 Å². The van der Waals surface area contributed by atoms with Gasteiger partial charge in [-0.1, -0.05) is 0 Å². The van der Waals surface area contributed by atoms with Gasteiger partial charge in [-0.05, 0) is 11.6 Å². The molecule has 2 heterocycles. The zero-order chi connectivity index (χ0) is 12.3. The molecular weight excluding hydrogens is 227 g/mol. The van der Waals surface area contributed by atoms with Crippen LogP contribution in [-0.2, 0) is 16.1 Å². The molecule has 1 aliphatic rings. The first-order valence-corrected chi connectivity index (χ1v) is 5.31. The molecule has 0 spiro atoms. The molecule has 1 saturated heterocycles. The maximum absolute atomic E-state index is 13.0. The molecule has 0 aliphatic carbocycles. The van der Waals surface area contributed by atoms with E-state index < -0.39 is 17.8 Å². The number of morpholine rings is 1. The molecule has 0 aromatic carbocycles. The lowest BCUT2D eigenvalue weighted by Gasteiger charge is -2.32. The summed E-state index contributed by atoms with van der Waals surface area (Å²) in [5.41, 5.74) is 0.665. The Labute approximate surface area is 97.8 Å². The summed E-state index contributed by atoms with van der Waals surface area (Å²) in [5, 5.41) is 9.03. The predicted octanol–water partition coefficient (Wildman–Crippen LogP) is 0.506. The second kappa shape index (κ2) is 5.20. The fourth-order valence-electron chi connectivity index (χ4n) is 1.83. The van der Waals surface area contributed by atoms with Crippen molar-refractivity contribution in [1.82, 2.24) is 9.88 Å². The molecule has 0 saturated carbocycles. The van der Waals surface area contributed by atoms with E-state index in [4.69, 9.17) is 9.84 Å². The van der Waals surface area contributed by atoms with Crippen LogP contribution in [0.4, 0.5) is 4.39 Å². The lowest BCUT2D eigenvalue weighted by Crippen LogP contribution is -2.49. The standard InChI is InChI=1S/C11H13FN2O3/c12-9-3-8(4-13-5-9)6-14-1-2-17-7-10(14)11(15)16/h3-5,10H,1-2,6-7H2,(H,15,16). The Morgan fingerprint density at radius 1 is 1.65 bits per heavy atom. The predicted molar refractivity (Wildman–Crippen MR) is 56.8 cm³/mol. The smallest absolute Gasteiger partial charge is 0.323 e. The molecule has 1 aromatic heterocycles. The molecule has 1 fully saturated rings. The van der Waals surface area contributed by atoms with Gasteiger partial charge in [-0.2, -0.15) is 0 Å². The maximum Gasteiger partial charge on any atom is 0.323 e. The highest BCUT2D eigenvalue weighted by Crippen LogP contribution is 2.12. The summed E-state index contributed by atoms with van der Waals surface area (Å²) in [6.07, 6.45) is 2.66. The van der Waals surface area contributed by atoms with Crippen LogP contribution in [0.2, 0.25) is 0 Å². The van der Waals surface area contributed by atoms with Crippen LogP contribution < -0.4 is 0 Å². The van der Waals surface area contributed by atoms with E-state index in [1.54, 1.807) is 4.90 Å². The van der Waals surface area contributed by atoms with Gasteiger partial charge < -0.3 is 9.84 Å². The van der Waals surface area contributed by atoms with Gasteiger partial charge in [0.05, 0.1) is 19.4 Å². The van der Waals surface area contributed by atoms with Gasteiger partial charge in [0.2, 0.25) is 0 Å². The number of rotatable bonds is 3.